The molecule has 1 rings (SSSR count). The number of rotatable bonds is 5. The van der Waals surface area contributed by atoms with Crippen molar-refractivity contribution >= 4 is 11.9 Å². The standard InChI is InChI=1S/C11H20N2O3/c1-3-9(6-10(14)15)12-11(16)8-4-5-13(2)7-8/h8-9H,3-7H2,1-2H3,(H,12,16)(H,14,15). The molecule has 5 nitrogen and oxygen atoms in total. The van der Waals surface area contributed by atoms with Gasteiger partial charge in [0.25, 0.3) is 0 Å². The van der Waals surface area contributed by atoms with Crippen LogP contribution in [-0.4, -0.2) is 48.1 Å². The predicted molar refractivity (Wildman–Crippen MR) is 60.1 cm³/mol. The molecule has 2 N–H and O–H groups in total. The Kier molecular flexibility index (Phi) is 4.73. The van der Waals surface area contributed by atoms with Crippen molar-refractivity contribution in [3.63, 3.8) is 0 Å². The van der Waals surface area contributed by atoms with E-state index >= 15 is 0 Å². The molecular formula is C11H20N2O3. The van der Waals surface area contributed by atoms with Crippen molar-refractivity contribution in [1.82, 2.24) is 10.2 Å². The summed E-state index contributed by atoms with van der Waals surface area (Å²) in [5.41, 5.74) is 0. The van der Waals surface area contributed by atoms with E-state index in [0.717, 1.165) is 19.5 Å². The van der Waals surface area contributed by atoms with Gasteiger partial charge in [0.2, 0.25) is 5.91 Å². The fourth-order valence-corrected chi connectivity index (χ4v) is 1.98. The lowest BCUT2D eigenvalue weighted by Crippen LogP contribution is -2.40. The molecule has 0 aliphatic carbocycles. The summed E-state index contributed by atoms with van der Waals surface area (Å²) in [6.45, 7) is 3.60. The van der Waals surface area contributed by atoms with Crippen LogP contribution in [-0.2, 0) is 9.59 Å². The molecule has 0 aromatic carbocycles. The van der Waals surface area contributed by atoms with Crippen LogP contribution in [0.1, 0.15) is 26.2 Å². The Morgan fingerprint density at radius 3 is 2.69 bits per heavy atom. The molecule has 16 heavy (non-hydrogen) atoms. The number of likely N-dealkylation sites (tertiary alicyclic amines) is 1. The summed E-state index contributed by atoms with van der Waals surface area (Å²) in [5.74, 6) is -0.846. The number of aliphatic carboxylic acids is 1. The van der Waals surface area contributed by atoms with Crippen molar-refractivity contribution in [3.8, 4) is 0 Å². The van der Waals surface area contributed by atoms with Crippen LogP contribution in [0.3, 0.4) is 0 Å². The van der Waals surface area contributed by atoms with Gasteiger partial charge in [-0.1, -0.05) is 6.92 Å². The number of carboxylic acids is 1. The van der Waals surface area contributed by atoms with E-state index in [2.05, 4.69) is 10.2 Å². The Bertz CT molecular complexity index is 268. The van der Waals surface area contributed by atoms with Crippen molar-refractivity contribution in [1.29, 1.82) is 0 Å². The van der Waals surface area contributed by atoms with Crippen LogP contribution in [0, 0.1) is 5.92 Å². The lowest BCUT2D eigenvalue weighted by atomic mass is 10.1. The monoisotopic (exact) mass is 228 g/mol. The molecule has 0 radical (unpaired) electrons. The molecule has 1 fully saturated rings. The third-order valence-electron chi connectivity index (χ3n) is 3.02. The number of nitrogens with zero attached hydrogens (tertiary/aromatic N) is 1. The van der Waals surface area contributed by atoms with Crippen molar-refractivity contribution in [2.24, 2.45) is 5.92 Å². The third kappa shape index (κ3) is 3.81. The summed E-state index contributed by atoms with van der Waals surface area (Å²) in [7, 11) is 1.99. The Morgan fingerprint density at radius 2 is 2.25 bits per heavy atom. The Balaban J connectivity index is 2.39. The predicted octanol–water partition coefficient (Wildman–Crippen LogP) is 0.308. The molecule has 1 amide bonds. The molecule has 0 aromatic heterocycles. The van der Waals surface area contributed by atoms with Gasteiger partial charge in [-0.15, -0.1) is 0 Å². The lowest BCUT2D eigenvalue weighted by molar-refractivity contribution is -0.137. The van der Waals surface area contributed by atoms with E-state index in [1.807, 2.05) is 14.0 Å². The molecule has 1 aliphatic rings. The smallest absolute Gasteiger partial charge is 0.305 e. The number of carbonyl (C=O) groups is 2. The van der Waals surface area contributed by atoms with E-state index < -0.39 is 5.97 Å². The van der Waals surface area contributed by atoms with E-state index in [1.54, 1.807) is 0 Å². The molecule has 1 saturated heterocycles. The van der Waals surface area contributed by atoms with Crippen LogP contribution in [0.5, 0.6) is 0 Å². The second-order valence-electron chi connectivity index (χ2n) is 4.46. The summed E-state index contributed by atoms with van der Waals surface area (Å²) in [6.07, 6.45) is 1.53. The molecule has 0 aromatic rings. The van der Waals surface area contributed by atoms with Gasteiger partial charge in [-0.3, -0.25) is 9.59 Å². The van der Waals surface area contributed by atoms with E-state index in [9.17, 15) is 9.59 Å². The number of hydrogen-bond acceptors (Lipinski definition) is 3. The molecule has 0 saturated carbocycles. The average Bonchev–Trinajstić information content (AvgIpc) is 2.63. The zero-order chi connectivity index (χ0) is 12.1. The van der Waals surface area contributed by atoms with Gasteiger partial charge < -0.3 is 15.3 Å². The van der Waals surface area contributed by atoms with Gasteiger partial charge in [-0.05, 0) is 26.4 Å². The second kappa shape index (κ2) is 5.84. The third-order valence-corrected chi connectivity index (χ3v) is 3.02. The highest BCUT2D eigenvalue weighted by Gasteiger charge is 2.27. The summed E-state index contributed by atoms with van der Waals surface area (Å²) in [5, 5.41) is 11.5. The zero-order valence-electron chi connectivity index (χ0n) is 9.90. The van der Waals surface area contributed by atoms with Crippen LogP contribution in [0.2, 0.25) is 0 Å². The van der Waals surface area contributed by atoms with Gasteiger partial charge in [0.1, 0.15) is 0 Å². The van der Waals surface area contributed by atoms with Crippen molar-refractivity contribution < 1.29 is 14.7 Å². The molecule has 2 atom stereocenters. The number of nitrogens with one attached hydrogen (secondary N) is 1. The number of hydrogen-bond donors (Lipinski definition) is 2. The van der Waals surface area contributed by atoms with Crippen molar-refractivity contribution in [3.05, 3.63) is 0 Å². The van der Waals surface area contributed by atoms with Gasteiger partial charge in [-0.2, -0.15) is 0 Å². The zero-order valence-corrected chi connectivity index (χ0v) is 9.90. The topological polar surface area (TPSA) is 69.6 Å². The molecule has 2 unspecified atom stereocenters. The number of carboxylic acid groups (broad SMARTS) is 1. The van der Waals surface area contributed by atoms with Crippen LogP contribution in [0.15, 0.2) is 0 Å². The van der Waals surface area contributed by atoms with Crippen LogP contribution in [0.4, 0.5) is 0 Å². The van der Waals surface area contributed by atoms with Crippen LogP contribution < -0.4 is 5.32 Å². The molecule has 0 bridgehead atoms. The van der Waals surface area contributed by atoms with Gasteiger partial charge >= 0.3 is 5.97 Å². The van der Waals surface area contributed by atoms with E-state index in [-0.39, 0.29) is 24.3 Å². The van der Waals surface area contributed by atoms with Gasteiger partial charge in [0.15, 0.2) is 0 Å². The summed E-state index contributed by atoms with van der Waals surface area (Å²) in [6, 6.07) is -0.240. The Labute approximate surface area is 95.8 Å². The van der Waals surface area contributed by atoms with E-state index in [0.29, 0.717) is 6.42 Å². The highest BCUT2D eigenvalue weighted by atomic mass is 16.4. The number of carbonyl (C=O) groups excluding carboxylic acids is 1. The minimum Gasteiger partial charge on any atom is -0.481 e. The maximum Gasteiger partial charge on any atom is 0.305 e. The molecule has 1 aliphatic heterocycles. The molecule has 92 valence electrons. The molecule has 0 spiro atoms. The summed E-state index contributed by atoms with van der Waals surface area (Å²) >= 11 is 0. The molecular weight excluding hydrogens is 208 g/mol. The summed E-state index contributed by atoms with van der Waals surface area (Å²) < 4.78 is 0. The van der Waals surface area contributed by atoms with Gasteiger partial charge in [0, 0.05) is 12.6 Å². The average molecular weight is 228 g/mol. The first-order chi connectivity index (χ1) is 7.52. The highest BCUT2D eigenvalue weighted by molar-refractivity contribution is 5.80. The van der Waals surface area contributed by atoms with Gasteiger partial charge in [0.05, 0.1) is 12.3 Å². The molecule has 5 heteroatoms. The van der Waals surface area contributed by atoms with Crippen molar-refractivity contribution in [2.75, 3.05) is 20.1 Å². The fourth-order valence-electron chi connectivity index (χ4n) is 1.98. The maximum absolute atomic E-state index is 11.8. The van der Waals surface area contributed by atoms with E-state index in [1.165, 1.54) is 0 Å². The minimum absolute atomic E-state index is 0.00236. The van der Waals surface area contributed by atoms with E-state index in [4.69, 9.17) is 5.11 Å². The first-order valence-corrected chi connectivity index (χ1v) is 5.73. The maximum atomic E-state index is 11.8. The first-order valence-electron chi connectivity index (χ1n) is 5.73. The highest BCUT2D eigenvalue weighted by Crippen LogP contribution is 2.14. The summed E-state index contributed by atoms with van der Waals surface area (Å²) in [4.78, 5) is 24.5. The minimum atomic E-state index is -0.865. The quantitative estimate of drug-likeness (QED) is 0.710. The van der Waals surface area contributed by atoms with Crippen LogP contribution in [0.25, 0.3) is 0 Å². The normalized spacial score (nSPS) is 23.0. The van der Waals surface area contributed by atoms with Crippen LogP contribution >= 0.6 is 0 Å². The second-order valence-corrected chi connectivity index (χ2v) is 4.46. The SMILES string of the molecule is CCC(CC(=O)O)NC(=O)C1CCN(C)C1. The fraction of sp³-hybridized carbons (Fsp3) is 0.818. The number of amides is 1. The first kappa shape index (κ1) is 13.0. The lowest BCUT2D eigenvalue weighted by Gasteiger charge is -2.17. The molecule has 1 heterocycles. The largest absolute Gasteiger partial charge is 0.481 e. The Morgan fingerprint density at radius 1 is 1.56 bits per heavy atom. The van der Waals surface area contributed by atoms with Gasteiger partial charge in [-0.25, -0.2) is 0 Å². The Hall–Kier alpha value is -1.10. The van der Waals surface area contributed by atoms with Crippen molar-refractivity contribution in [2.45, 2.75) is 32.2 Å².